The summed E-state index contributed by atoms with van der Waals surface area (Å²) in [5.41, 5.74) is 0. The summed E-state index contributed by atoms with van der Waals surface area (Å²) in [5.74, 6) is -0.163. The van der Waals surface area contributed by atoms with E-state index in [-0.39, 0.29) is 12.1 Å². The van der Waals surface area contributed by atoms with Crippen LogP contribution >= 0.6 is 0 Å². The van der Waals surface area contributed by atoms with Crippen molar-refractivity contribution in [3.8, 4) is 0 Å². The number of hydrogen-bond acceptors (Lipinski definition) is 5. The highest BCUT2D eigenvalue weighted by Gasteiger charge is 2.04. The number of ether oxygens (including phenoxy) is 4. The highest BCUT2D eigenvalue weighted by atomic mass is 16.5. The average Bonchev–Trinajstić information content (AvgIpc) is 2.39. The van der Waals surface area contributed by atoms with Crippen LogP contribution in [-0.2, 0) is 23.7 Å². The molecule has 0 spiro atoms. The van der Waals surface area contributed by atoms with Crippen molar-refractivity contribution in [2.45, 2.75) is 52.6 Å². The van der Waals surface area contributed by atoms with Gasteiger partial charge in [-0.25, -0.2) is 0 Å². The summed E-state index contributed by atoms with van der Waals surface area (Å²) < 4.78 is 21.1. The van der Waals surface area contributed by atoms with Crippen LogP contribution in [0.1, 0.15) is 46.5 Å². The van der Waals surface area contributed by atoms with Crippen LogP contribution in [0.4, 0.5) is 0 Å². The van der Waals surface area contributed by atoms with Crippen molar-refractivity contribution in [3.63, 3.8) is 0 Å². The van der Waals surface area contributed by atoms with Gasteiger partial charge in [0.1, 0.15) is 0 Å². The minimum absolute atomic E-state index is 0.0450. The Hall–Kier alpha value is -0.650. The average molecular weight is 290 g/mol. The van der Waals surface area contributed by atoms with Gasteiger partial charge >= 0.3 is 5.97 Å². The molecule has 0 aromatic rings. The van der Waals surface area contributed by atoms with Gasteiger partial charge in [-0.15, -0.1) is 0 Å². The first kappa shape index (κ1) is 19.4. The maximum Gasteiger partial charge on any atom is 0.306 e. The van der Waals surface area contributed by atoms with Crippen molar-refractivity contribution in [1.82, 2.24) is 0 Å². The fourth-order valence-corrected chi connectivity index (χ4v) is 1.43. The normalized spacial score (nSPS) is 11.0. The fourth-order valence-electron chi connectivity index (χ4n) is 1.43. The Morgan fingerprint density at radius 3 is 1.85 bits per heavy atom. The largest absolute Gasteiger partial charge is 0.463 e. The van der Waals surface area contributed by atoms with Gasteiger partial charge in [0.25, 0.3) is 0 Å². The monoisotopic (exact) mass is 290 g/mol. The third-order valence-corrected chi connectivity index (χ3v) is 2.42. The van der Waals surface area contributed by atoms with Gasteiger partial charge in [-0.1, -0.05) is 13.3 Å². The fraction of sp³-hybridized carbons (Fsp3) is 0.933. The molecular formula is C15H30O5. The molecule has 0 rings (SSSR count). The zero-order valence-electron chi connectivity index (χ0n) is 13.2. The molecule has 0 N–H and O–H groups in total. The second-order valence-electron chi connectivity index (χ2n) is 4.83. The van der Waals surface area contributed by atoms with E-state index < -0.39 is 0 Å². The Labute approximate surface area is 122 Å². The van der Waals surface area contributed by atoms with Crippen LogP contribution in [-0.4, -0.2) is 51.7 Å². The summed E-state index contributed by atoms with van der Waals surface area (Å²) >= 11 is 0. The van der Waals surface area contributed by atoms with Gasteiger partial charge in [-0.05, 0) is 26.7 Å². The predicted octanol–water partition coefficient (Wildman–Crippen LogP) is 2.57. The smallest absolute Gasteiger partial charge is 0.306 e. The Morgan fingerprint density at radius 1 is 0.850 bits per heavy atom. The molecule has 0 fully saturated rings. The maximum atomic E-state index is 11.2. The minimum Gasteiger partial charge on any atom is -0.463 e. The van der Waals surface area contributed by atoms with E-state index in [1.807, 2.05) is 13.8 Å². The van der Waals surface area contributed by atoms with Crippen LogP contribution in [0.25, 0.3) is 0 Å². The zero-order valence-corrected chi connectivity index (χ0v) is 13.2. The third kappa shape index (κ3) is 15.4. The molecule has 0 aliphatic heterocycles. The van der Waals surface area contributed by atoms with E-state index in [2.05, 4.69) is 6.92 Å². The number of rotatable bonds is 14. The topological polar surface area (TPSA) is 54.0 Å². The zero-order chi connectivity index (χ0) is 15.1. The summed E-state index contributed by atoms with van der Waals surface area (Å²) in [7, 11) is 0. The number of hydrogen-bond donors (Lipinski definition) is 0. The lowest BCUT2D eigenvalue weighted by Gasteiger charge is -2.08. The number of carbonyl (C=O) groups excluding carboxylic acids is 1. The molecule has 20 heavy (non-hydrogen) atoms. The van der Waals surface area contributed by atoms with Crippen LogP contribution in [0.2, 0.25) is 0 Å². The lowest BCUT2D eigenvalue weighted by molar-refractivity contribution is -0.147. The highest BCUT2D eigenvalue weighted by Crippen LogP contribution is 1.97. The molecule has 0 aliphatic rings. The standard InChI is InChI=1S/C15H30O5/c1-4-5-8-17-10-12-19-13-11-18-9-6-7-15(16)20-14(2)3/h14H,4-13H2,1-3H3. The highest BCUT2D eigenvalue weighted by molar-refractivity contribution is 5.69. The molecule has 5 nitrogen and oxygen atoms in total. The first-order valence-corrected chi connectivity index (χ1v) is 7.59. The van der Waals surface area contributed by atoms with Crippen molar-refractivity contribution < 1.29 is 23.7 Å². The van der Waals surface area contributed by atoms with Crippen LogP contribution in [0.5, 0.6) is 0 Å². The van der Waals surface area contributed by atoms with Gasteiger partial charge < -0.3 is 18.9 Å². The Bertz CT molecular complexity index is 218. The number of esters is 1. The minimum atomic E-state index is -0.163. The molecule has 0 radical (unpaired) electrons. The Morgan fingerprint density at radius 2 is 1.35 bits per heavy atom. The van der Waals surface area contributed by atoms with Crippen molar-refractivity contribution in [2.24, 2.45) is 0 Å². The molecule has 0 aromatic carbocycles. The van der Waals surface area contributed by atoms with E-state index in [0.29, 0.717) is 45.9 Å². The van der Waals surface area contributed by atoms with Gasteiger partial charge in [0, 0.05) is 19.6 Å². The second-order valence-corrected chi connectivity index (χ2v) is 4.83. The van der Waals surface area contributed by atoms with Crippen molar-refractivity contribution >= 4 is 5.97 Å². The van der Waals surface area contributed by atoms with E-state index in [1.54, 1.807) is 0 Å². The van der Waals surface area contributed by atoms with Crippen LogP contribution < -0.4 is 0 Å². The molecule has 0 unspecified atom stereocenters. The van der Waals surface area contributed by atoms with Crippen molar-refractivity contribution in [3.05, 3.63) is 0 Å². The molecule has 0 bridgehead atoms. The molecule has 120 valence electrons. The van der Waals surface area contributed by atoms with Crippen LogP contribution in [0.15, 0.2) is 0 Å². The summed E-state index contributed by atoms with van der Waals surface area (Å²) in [6, 6.07) is 0. The SMILES string of the molecule is CCCCOCCOCCOCCCC(=O)OC(C)C. The van der Waals surface area contributed by atoms with Crippen molar-refractivity contribution in [1.29, 1.82) is 0 Å². The van der Waals surface area contributed by atoms with E-state index >= 15 is 0 Å². The first-order chi connectivity index (χ1) is 9.66. The molecule has 0 aromatic heterocycles. The summed E-state index contributed by atoms with van der Waals surface area (Å²) in [5, 5.41) is 0. The lowest BCUT2D eigenvalue weighted by Crippen LogP contribution is -2.13. The summed E-state index contributed by atoms with van der Waals surface area (Å²) in [4.78, 5) is 11.2. The molecule has 0 saturated carbocycles. The maximum absolute atomic E-state index is 11.2. The van der Waals surface area contributed by atoms with Crippen molar-refractivity contribution in [2.75, 3.05) is 39.6 Å². The molecule has 0 heterocycles. The molecule has 0 atom stereocenters. The van der Waals surface area contributed by atoms with Gasteiger partial charge in [-0.3, -0.25) is 4.79 Å². The van der Waals surface area contributed by atoms with E-state index in [4.69, 9.17) is 18.9 Å². The molecular weight excluding hydrogens is 260 g/mol. The van der Waals surface area contributed by atoms with Gasteiger partial charge in [0.2, 0.25) is 0 Å². The van der Waals surface area contributed by atoms with E-state index in [0.717, 1.165) is 19.4 Å². The summed E-state index contributed by atoms with van der Waals surface area (Å²) in [6.07, 6.45) is 3.30. The first-order valence-electron chi connectivity index (χ1n) is 7.59. The number of unbranched alkanes of at least 4 members (excludes halogenated alkanes) is 1. The molecule has 0 saturated heterocycles. The third-order valence-electron chi connectivity index (χ3n) is 2.42. The van der Waals surface area contributed by atoms with Gasteiger partial charge in [-0.2, -0.15) is 0 Å². The molecule has 5 heteroatoms. The number of carbonyl (C=O) groups is 1. The quantitative estimate of drug-likeness (QED) is 0.363. The van der Waals surface area contributed by atoms with E-state index in [1.165, 1.54) is 0 Å². The molecule has 0 amide bonds. The second kappa shape index (κ2) is 14.8. The predicted molar refractivity (Wildman–Crippen MR) is 77.8 cm³/mol. The van der Waals surface area contributed by atoms with Crippen LogP contribution in [0.3, 0.4) is 0 Å². The van der Waals surface area contributed by atoms with Crippen LogP contribution in [0, 0.1) is 0 Å². The van der Waals surface area contributed by atoms with E-state index in [9.17, 15) is 4.79 Å². The molecule has 0 aliphatic carbocycles. The van der Waals surface area contributed by atoms with Gasteiger partial charge in [0.15, 0.2) is 0 Å². The summed E-state index contributed by atoms with van der Waals surface area (Å²) in [6.45, 7) is 9.55. The lowest BCUT2D eigenvalue weighted by atomic mass is 10.3. The van der Waals surface area contributed by atoms with Gasteiger partial charge in [0.05, 0.1) is 32.5 Å². The Balaban J connectivity index is 3.08. The Kier molecular flexibility index (Phi) is 14.3.